The van der Waals surface area contributed by atoms with Crippen LogP contribution in [0.2, 0.25) is 5.02 Å². The van der Waals surface area contributed by atoms with Gasteiger partial charge in [-0.2, -0.15) is 0 Å². The van der Waals surface area contributed by atoms with Crippen LogP contribution in [-0.2, 0) is 0 Å². The zero-order chi connectivity index (χ0) is 17.6. The van der Waals surface area contributed by atoms with Gasteiger partial charge < -0.3 is 15.3 Å². The molecule has 3 heterocycles. The summed E-state index contributed by atoms with van der Waals surface area (Å²) >= 11 is 6.13. The van der Waals surface area contributed by atoms with Gasteiger partial charge in [0, 0.05) is 23.0 Å². The molecule has 25 heavy (non-hydrogen) atoms. The van der Waals surface area contributed by atoms with Crippen molar-refractivity contribution in [3.8, 4) is 16.9 Å². The Hall–Kier alpha value is -3.19. The van der Waals surface area contributed by atoms with E-state index in [9.17, 15) is 4.79 Å². The summed E-state index contributed by atoms with van der Waals surface area (Å²) < 4.78 is 1.72. The predicted octanol–water partition coefficient (Wildman–Crippen LogP) is 2.87. The molecule has 0 aliphatic heterocycles. The number of fused-ring (bicyclic) bond motifs is 1. The molecule has 0 fully saturated rings. The standard InChI is InChI=1S/C17H13ClN6O/c1-9-2-3-10(18)4-11(9)12-5-24(6-13(12)15(19)25)17-14-16(21-7-20-14)22-8-23-17/h2-8H,1H3,(H2,19,25)(H,20,21,22,23). The van der Waals surface area contributed by atoms with E-state index in [1.165, 1.54) is 6.33 Å². The number of halogens is 1. The Balaban J connectivity index is 1.97. The lowest BCUT2D eigenvalue weighted by molar-refractivity contribution is 0.100. The maximum atomic E-state index is 12.0. The summed E-state index contributed by atoms with van der Waals surface area (Å²) in [4.78, 5) is 27.6. The van der Waals surface area contributed by atoms with Gasteiger partial charge in [-0.15, -0.1) is 0 Å². The highest BCUT2D eigenvalue weighted by Gasteiger charge is 2.18. The number of aromatic amines is 1. The van der Waals surface area contributed by atoms with E-state index >= 15 is 0 Å². The molecule has 0 bridgehead atoms. The number of carbonyl (C=O) groups excluding carboxylic acids is 1. The van der Waals surface area contributed by atoms with Crippen LogP contribution in [0.3, 0.4) is 0 Å². The van der Waals surface area contributed by atoms with E-state index in [4.69, 9.17) is 17.3 Å². The van der Waals surface area contributed by atoms with Gasteiger partial charge in [0.2, 0.25) is 0 Å². The molecule has 7 nitrogen and oxygen atoms in total. The van der Waals surface area contributed by atoms with Crippen molar-refractivity contribution in [2.45, 2.75) is 6.92 Å². The van der Waals surface area contributed by atoms with Gasteiger partial charge in [-0.3, -0.25) is 4.79 Å². The van der Waals surface area contributed by atoms with Gasteiger partial charge in [0.05, 0.1) is 11.9 Å². The number of hydrogen-bond acceptors (Lipinski definition) is 4. The largest absolute Gasteiger partial charge is 0.366 e. The minimum Gasteiger partial charge on any atom is -0.366 e. The second-order valence-corrected chi connectivity index (χ2v) is 6.05. The second-order valence-electron chi connectivity index (χ2n) is 5.61. The summed E-state index contributed by atoms with van der Waals surface area (Å²) in [5.41, 5.74) is 9.69. The SMILES string of the molecule is Cc1ccc(Cl)cc1-c1cn(-c2ncnc3[nH]cnc23)cc1C(N)=O. The third-order valence-electron chi connectivity index (χ3n) is 4.02. The first-order valence-corrected chi connectivity index (χ1v) is 7.85. The van der Waals surface area contributed by atoms with E-state index in [-0.39, 0.29) is 0 Å². The number of primary amides is 1. The molecule has 0 saturated heterocycles. The lowest BCUT2D eigenvalue weighted by atomic mass is 10.00. The highest BCUT2D eigenvalue weighted by Crippen LogP contribution is 2.31. The van der Waals surface area contributed by atoms with E-state index < -0.39 is 5.91 Å². The van der Waals surface area contributed by atoms with Crippen molar-refractivity contribution < 1.29 is 4.79 Å². The minimum absolute atomic E-state index is 0.382. The number of benzene rings is 1. The van der Waals surface area contributed by atoms with Crippen molar-refractivity contribution >= 4 is 28.7 Å². The molecule has 0 aliphatic rings. The van der Waals surface area contributed by atoms with Crippen LogP contribution in [0.5, 0.6) is 0 Å². The lowest BCUT2D eigenvalue weighted by Crippen LogP contribution is -2.11. The molecule has 124 valence electrons. The highest BCUT2D eigenvalue weighted by molar-refractivity contribution is 6.31. The average molecular weight is 353 g/mol. The fourth-order valence-corrected chi connectivity index (χ4v) is 2.99. The Bertz CT molecular complexity index is 1110. The minimum atomic E-state index is -0.527. The highest BCUT2D eigenvalue weighted by atomic mass is 35.5. The summed E-state index contributed by atoms with van der Waals surface area (Å²) in [7, 11) is 0. The van der Waals surface area contributed by atoms with Crippen LogP contribution in [0, 0.1) is 6.92 Å². The molecule has 0 atom stereocenters. The quantitative estimate of drug-likeness (QED) is 0.591. The number of nitrogens with zero attached hydrogens (tertiary/aromatic N) is 4. The molecule has 4 aromatic rings. The number of rotatable bonds is 3. The van der Waals surface area contributed by atoms with Gasteiger partial charge in [-0.1, -0.05) is 17.7 Å². The third-order valence-corrected chi connectivity index (χ3v) is 4.26. The van der Waals surface area contributed by atoms with Crippen LogP contribution in [0.25, 0.3) is 28.1 Å². The molecule has 4 rings (SSSR count). The molecular formula is C17H13ClN6O. The first kappa shape index (κ1) is 15.3. The van der Waals surface area contributed by atoms with E-state index in [0.29, 0.717) is 33.1 Å². The van der Waals surface area contributed by atoms with Gasteiger partial charge in [0.25, 0.3) is 5.91 Å². The normalized spacial score (nSPS) is 11.1. The zero-order valence-electron chi connectivity index (χ0n) is 13.2. The van der Waals surface area contributed by atoms with Gasteiger partial charge in [-0.25, -0.2) is 15.0 Å². The second kappa shape index (κ2) is 5.71. The summed E-state index contributed by atoms with van der Waals surface area (Å²) in [5, 5.41) is 0.584. The van der Waals surface area contributed by atoms with Crippen molar-refractivity contribution in [1.82, 2.24) is 24.5 Å². The fourth-order valence-electron chi connectivity index (χ4n) is 2.81. The molecule has 8 heteroatoms. The van der Waals surface area contributed by atoms with E-state index in [1.54, 1.807) is 29.4 Å². The number of H-pyrrole nitrogens is 1. The number of hydrogen-bond donors (Lipinski definition) is 2. The Morgan fingerprint density at radius 1 is 1.20 bits per heavy atom. The first-order valence-electron chi connectivity index (χ1n) is 7.47. The van der Waals surface area contributed by atoms with Gasteiger partial charge in [0.15, 0.2) is 17.0 Å². The number of imidazole rings is 1. The smallest absolute Gasteiger partial charge is 0.250 e. The maximum Gasteiger partial charge on any atom is 0.250 e. The Morgan fingerprint density at radius 2 is 2.04 bits per heavy atom. The topological polar surface area (TPSA) is 102 Å². The van der Waals surface area contributed by atoms with Crippen molar-refractivity contribution in [2.24, 2.45) is 5.73 Å². The van der Waals surface area contributed by atoms with Crippen molar-refractivity contribution in [3.63, 3.8) is 0 Å². The van der Waals surface area contributed by atoms with E-state index in [1.807, 2.05) is 19.1 Å². The van der Waals surface area contributed by atoms with Gasteiger partial charge in [-0.05, 0) is 30.2 Å². The third kappa shape index (κ3) is 2.54. The summed E-state index contributed by atoms with van der Waals surface area (Å²) in [6.45, 7) is 1.95. The average Bonchev–Trinajstić information content (AvgIpc) is 3.23. The summed E-state index contributed by atoms with van der Waals surface area (Å²) in [6, 6.07) is 5.52. The molecule has 0 unspecified atom stereocenters. The van der Waals surface area contributed by atoms with Crippen molar-refractivity contribution in [3.05, 3.63) is 59.4 Å². The Morgan fingerprint density at radius 3 is 2.84 bits per heavy atom. The van der Waals surface area contributed by atoms with Crippen LogP contribution in [0.15, 0.2) is 43.2 Å². The van der Waals surface area contributed by atoms with E-state index in [2.05, 4.69) is 19.9 Å². The number of aromatic nitrogens is 5. The number of carbonyl (C=O) groups is 1. The molecule has 3 aromatic heterocycles. The van der Waals surface area contributed by atoms with Crippen LogP contribution < -0.4 is 5.73 Å². The number of aryl methyl sites for hydroxylation is 1. The molecule has 1 aromatic carbocycles. The van der Waals surface area contributed by atoms with Crippen molar-refractivity contribution in [1.29, 1.82) is 0 Å². The molecule has 0 saturated carbocycles. The van der Waals surface area contributed by atoms with Crippen LogP contribution >= 0.6 is 11.6 Å². The Labute approximate surface area is 147 Å². The maximum absolute atomic E-state index is 12.0. The van der Waals surface area contributed by atoms with Gasteiger partial charge >= 0.3 is 0 Å². The van der Waals surface area contributed by atoms with E-state index in [0.717, 1.165) is 11.1 Å². The zero-order valence-corrected chi connectivity index (χ0v) is 13.9. The van der Waals surface area contributed by atoms with Gasteiger partial charge in [0.1, 0.15) is 6.33 Å². The molecule has 0 aliphatic carbocycles. The van der Waals surface area contributed by atoms with Crippen LogP contribution in [0.1, 0.15) is 15.9 Å². The predicted molar refractivity (Wildman–Crippen MR) is 94.7 cm³/mol. The molecule has 0 spiro atoms. The molecule has 3 N–H and O–H groups in total. The first-order chi connectivity index (χ1) is 12.0. The lowest BCUT2D eigenvalue weighted by Gasteiger charge is -2.06. The number of nitrogens with one attached hydrogen (secondary N) is 1. The summed E-state index contributed by atoms with van der Waals surface area (Å²) in [6.07, 6.45) is 6.43. The van der Waals surface area contributed by atoms with Crippen molar-refractivity contribution in [2.75, 3.05) is 0 Å². The monoisotopic (exact) mass is 352 g/mol. The number of amides is 1. The van der Waals surface area contributed by atoms with Crippen LogP contribution in [-0.4, -0.2) is 30.4 Å². The number of nitrogens with two attached hydrogens (primary N) is 1. The fraction of sp³-hybridized carbons (Fsp3) is 0.0588. The summed E-state index contributed by atoms with van der Waals surface area (Å²) in [5.74, 6) is 0.0279. The van der Waals surface area contributed by atoms with Crippen LogP contribution in [0.4, 0.5) is 0 Å². The Kier molecular flexibility index (Phi) is 3.51. The molecular weight excluding hydrogens is 340 g/mol. The molecule has 1 amide bonds. The molecule has 0 radical (unpaired) electrons.